The Morgan fingerprint density at radius 1 is 1.17 bits per heavy atom. The van der Waals surface area contributed by atoms with Crippen molar-refractivity contribution in [2.45, 2.75) is 51.6 Å². The number of nitrogens with one attached hydrogen (secondary N) is 2. The lowest BCUT2D eigenvalue weighted by Gasteiger charge is -2.33. The number of para-hydroxylation sites is 1. The highest BCUT2D eigenvalue weighted by Crippen LogP contribution is 2.17. The average molecular weight is 511 g/mol. The molecule has 3 rings (SSSR count). The summed E-state index contributed by atoms with van der Waals surface area (Å²) < 4.78 is 2.28. The number of halogens is 1. The van der Waals surface area contributed by atoms with Gasteiger partial charge in [0.2, 0.25) is 5.91 Å². The van der Waals surface area contributed by atoms with Gasteiger partial charge in [-0.25, -0.2) is 0 Å². The van der Waals surface area contributed by atoms with E-state index >= 15 is 0 Å². The van der Waals surface area contributed by atoms with E-state index in [2.05, 4.69) is 63.6 Å². The van der Waals surface area contributed by atoms with E-state index in [4.69, 9.17) is 0 Å². The lowest BCUT2D eigenvalue weighted by atomic mass is 10.0. The maximum atomic E-state index is 12.4. The average Bonchev–Trinajstić information content (AvgIpc) is 3.13. The number of nitrogens with zero attached hydrogens (tertiary/aromatic N) is 3. The minimum Gasteiger partial charge on any atom is -0.356 e. The van der Waals surface area contributed by atoms with Gasteiger partial charge < -0.3 is 20.1 Å². The van der Waals surface area contributed by atoms with Gasteiger partial charge in [-0.3, -0.25) is 9.79 Å². The molecule has 1 aromatic heterocycles. The molecule has 7 heteroatoms. The maximum Gasteiger partial charge on any atom is 0.224 e. The molecule has 160 valence electrons. The van der Waals surface area contributed by atoms with Gasteiger partial charge in [0.25, 0.3) is 0 Å². The van der Waals surface area contributed by atoms with Crippen LogP contribution < -0.4 is 10.6 Å². The molecule has 0 saturated carbocycles. The number of rotatable bonds is 7. The summed E-state index contributed by atoms with van der Waals surface area (Å²) in [6.45, 7) is 5.47. The zero-order valence-corrected chi connectivity index (χ0v) is 19.9. The van der Waals surface area contributed by atoms with E-state index < -0.39 is 0 Å². The molecule has 2 aromatic rings. The molecule has 1 aromatic carbocycles. The molecule has 1 unspecified atom stereocenters. The Morgan fingerprint density at radius 3 is 2.76 bits per heavy atom. The van der Waals surface area contributed by atoms with Crippen molar-refractivity contribution in [2.24, 2.45) is 4.99 Å². The third-order valence-corrected chi connectivity index (χ3v) is 5.53. The summed E-state index contributed by atoms with van der Waals surface area (Å²) in [7, 11) is 1.77. The minimum absolute atomic E-state index is 0. The van der Waals surface area contributed by atoms with Crippen LogP contribution in [0.1, 0.15) is 39.0 Å². The van der Waals surface area contributed by atoms with Gasteiger partial charge in [-0.15, -0.1) is 24.0 Å². The predicted octanol–water partition coefficient (Wildman–Crippen LogP) is 3.61. The van der Waals surface area contributed by atoms with Crippen LogP contribution >= 0.6 is 24.0 Å². The number of amides is 1. The van der Waals surface area contributed by atoms with Gasteiger partial charge in [0.15, 0.2) is 5.96 Å². The molecule has 0 spiro atoms. The Bertz CT molecular complexity index is 803. The SMILES string of the molecule is CN=C(NCCCn1ccc2ccccc21)NCCC(=O)N1CCCCC1C.I. The molecule has 1 fully saturated rings. The van der Waals surface area contributed by atoms with Crippen molar-refractivity contribution in [3.05, 3.63) is 36.5 Å². The summed E-state index contributed by atoms with van der Waals surface area (Å²) >= 11 is 0. The standard InChI is InChI=1S/C22H33N5O.HI/c1-18-8-5-6-16-27(18)21(28)11-14-25-22(23-2)24-13-7-15-26-17-12-19-9-3-4-10-20(19)26;/h3-4,9-10,12,17-18H,5-8,11,13-16H2,1-2H3,(H2,23,24,25);1H. The molecule has 1 saturated heterocycles. The molecular formula is C22H34IN5O. The summed E-state index contributed by atoms with van der Waals surface area (Å²) in [5.41, 5.74) is 1.27. The van der Waals surface area contributed by atoms with Crippen LogP contribution in [-0.4, -0.2) is 54.1 Å². The quantitative estimate of drug-likeness (QED) is 0.259. The Labute approximate surface area is 191 Å². The number of hydrogen-bond donors (Lipinski definition) is 2. The molecule has 2 heterocycles. The summed E-state index contributed by atoms with van der Waals surface area (Å²) in [5, 5.41) is 7.88. The van der Waals surface area contributed by atoms with Gasteiger partial charge in [0.05, 0.1) is 0 Å². The highest BCUT2D eigenvalue weighted by atomic mass is 127. The molecule has 29 heavy (non-hydrogen) atoms. The van der Waals surface area contributed by atoms with Crippen molar-refractivity contribution < 1.29 is 4.79 Å². The fraction of sp³-hybridized carbons (Fsp3) is 0.545. The number of aliphatic imine (C=N–C) groups is 1. The zero-order valence-electron chi connectivity index (χ0n) is 17.6. The molecule has 0 aliphatic carbocycles. The zero-order chi connectivity index (χ0) is 19.8. The van der Waals surface area contributed by atoms with Crippen molar-refractivity contribution in [3.8, 4) is 0 Å². The van der Waals surface area contributed by atoms with E-state index in [1.807, 2.05) is 4.90 Å². The van der Waals surface area contributed by atoms with Crippen LogP contribution in [0.4, 0.5) is 0 Å². The third kappa shape index (κ3) is 6.62. The second-order valence-electron chi connectivity index (χ2n) is 7.53. The number of likely N-dealkylation sites (tertiary alicyclic amines) is 1. The summed E-state index contributed by atoms with van der Waals surface area (Å²) in [5.74, 6) is 1.01. The van der Waals surface area contributed by atoms with E-state index in [1.165, 1.54) is 17.3 Å². The summed E-state index contributed by atoms with van der Waals surface area (Å²) in [6, 6.07) is 11.0. The van der Waals surface area contributed by atoms with E-state index in [0.29, 0.717) is 19.0 Å². The van der Waals surface area contributed by atoms with Crippen molar-refractivity contribution in [2.75, 3.05) is 26.7 Å². The molecule has 2 N–H and O–H groups in total. The highest BCUT2D eigenvalue weighted by Gasteiger charge is 2.22. The second-order valence-corrected chi connectivity index (χ2v) is 7.53. The largest absolute Gasteiger partial charge is 0.356 e. The molecule has 1 aliphatic rings. The van der Waals surface area contributed by atoms with Crippen molar-refractivity contribution in [3.63, 3.8) is 0 Å². The number of aryl methyl sites for hydroxylation is 1. The lowest BCUT2D eigenvalue weighted by molar-refractivity contribution is -0.134. The van der Waals surface area contributed by atoms with Gasteiger partial charge >= 0.3 is 0 Å². The maximum absolute atomic E-state index is 12.4. The van der Waals surface area contributed by atoms with Crippen molar-refractivity contribution in [1.82, 2.24) is 20.1 Å². The Hall–Kier alpha value is -1.77. The number of guanidine groups is 1. The number of benzene rings is 1. The van der Waals surface area contributed by atoms with Gasteiger partial charge in [0, 0.05) is 57.4 Å². The number of fused-ring (bicyclic) bond motifs is 1. The van der Waals surface area contributed by atoms with Crippen molar-refractivity contribution >= 4 is 46.7 Å². The van der Waals surface area contributed by atoms with Gasteiger partial charge in [0.1, 0.15) is 0 Å². The monoisotopic (exact) mass is 511 g/mol. The first-order chi connectivity index (χ1) is 13.7. The predicted molar refractivity (Wildman–Crippen MR) is 131 cm³/mol. The first-order valence-corrected chi connectivity index (χ1v) is 10.5. The molecule has 1 atom stereocenters. The third-order valence-electron chi connectivity index (χ3n) is 5.53. The van der Waals surface area contributed by atoms with Crippen LogP contribution in [0.5, 0.6) is 0 Å². The van der Waals surface area contributed by atoms with Crippen LogP contribution in [0.2, 0.25) is 0 Å². The fourth-order valence-electron chi connectivity index (χ4n) is 3.91. The summed E-state index contributed by atoms with van der Waals surface area (Å²) in [4.78, 5) is 18.7. The first kappa shape index (κ1) is 23.5. The van der Waals surface area contributed by atoms with E-state index in [-0.39, 0.29) is 29.9 Å². The topological polar surface area (TPSA) is 61.7 Å². The fourth-order valence-corrected chi connectivity index (χ4v) is 3.91. The smallest absolute Gasteiger partial charge is 0.224 e. The minimum atomic E-state index is 0. The van der Waals surface area contributed by atoms with E-state index in [9.17, 15) is 4.79 Å². The van der Waals surface area contributed by atoms with Crippen LogP contribution in [0, 0.1) is 0 Å². The molecule has 1 aliphatic heterocycles. The lowest BCUT2D eigenvalue weighted by Crippen LogP contribution is -2.44. The molecule has 1 amide bonds. The van der Waals surface area contributed by atoms with Crippen LogP contribution in [-0.2, 0) is 11.3 Å². The second kappa shape index (κ2) is 12.0. The first-order valence-electron chi connectivity index (χ1n) is 10.5. The molecule has 0 bridgehead atoms. The van der Waals surface area contributed by atoms with Crippen LogP contribution in [0.25, 0.3) is 10.9 Å². The summed E-state index contributed by atoms with van der Waals surface area (Å²) in [6.07, 6.45) is 7.15. The van der Waals surface area contributed by atoms with Gasteiger partial charge in [-0.05, 0) is 50.1 Å². The number of carbonyl (C=O) groups is 1. The highest BCUT2D eigenvalue weighted by molar-refractivity contribution is 14.0. The van der Waals surface area contributed by atoms with Crippen LogP contribution in [0.15, 0.2) is 41.5 Å². The van der Waals surface area contributed by atoms with E-state index in [1.54, 1.807) is 7.05 Å². The van der Waals surface area contributed by atoms with Crippen molar-refractivity contribution in [1.29, 1.82) is 0 Å². The van der Waals surface area contributed by atoms with E-state index in [0.717, 1.165) is 44.9 Å². The van der Waals surface area contributed by atoms with Gasteiger partial charge in [-0.2, -0.15) is 0 Å². The molecule has 6 nitrogen and oxygen atoms in total. The Morgan fingerprint density at radius 2 is 1.97 bits per heavy atom. The van der Waals surface area contributed by atoms with Crippen LogP contribution in [0.3, 0.4) is 0 Å². The number of carbonyl (C=O) groups excluding carboxylic acids is 1. The molecule has 0 radical (unpaired) electrons. The normalized spacial score (nSPS) is 17.1. The number of piperidine rings is 1. The Balaban J connectivity index is 0.00000300. The number of aromatic nitrogens is 1. The Kier molecular flexibility index (Phi) is 9.76. The number of hydrogen-bond acceptors (Lipinski definition) is 2. The van der Waals surface area contributed by atoms with Gasteiger partial charge in [-0.1, -0.05) is 18.2 Å². The molecular weight excluding hydrogens is 477 g/mol.